The molecular formula is C20H30N2O. The molecular weight excluding hydrogens is 284 g/mol. The maximum atomic E-state index is 11.5. The molecule has 1 spiro atoms. The average Bonchev–Trinajstić information content (AvgIpc) is 2.57. The van der Waals surface area contributed by atoms with E-state index in [1.807, 2.05) is 0 Å². The van der Waals surface area contributed by atoms with Crippen LogP contribution in [0.5, 0.6) is 0 Å². The van der Waals surface area contributed by atoms with Gasteiger partial charge in [-0.2, -0.15) is 0 Å². The number of piperidine rings is 1. The number of amides is 1. The quantitative estimate of drug-likeness (QED) is 0.917. The van der Waals surface area contributed by atoms with Gasteiger partial charge in [-0.05, 0) is 68.3 Å². The smallest absolute Gasteiger partial charge is 0.217 e. The zero-order chi connectivity index (χ0) is 16.3. The molecule has 3 nitrogen and oxygen atoms in total. The van der Waals surface area contributed by atoms with Crippen molar-refractivity contribution in [2.45, 2.75) is 63.8 Å². The van der Waals surface area contributed by atoms with Gasteiger partial charge in [-0.25, -0.2) is 0 Å². The van der Waals surface area contributed by atoms with E-state index in [1.54, 1.807) is 6.92 Å². The Morgan fingerprint density at radius 3 is 2.70 bits per heavy atom. The van der Waals surface area contributed by atoms with Gasteiger partial charge >= 0.3 is 0 Å². The van der Waals surface area contributed by atoms with E-state index in [1.165, 1.54) is 62.9 Å². The summed E-state index contributed by atoms with van der Waals surface area (Å²) < 4.78 is 0. The fraction of sp³-hybridized carbons (Fsp3) is 0.650. The Labute approximate surface area is 140 Å². The Balaban J connectivity index is 1.78. The monoisotopic (exact) mass is 314 g/mol. The zero-order valence-electron chi connectivity index (χ0n) is 14.6. The number of nitrogens with zero attached hydrogens (tertiary/aromatic N) is 1. The summed E-state index contributed by atoms with van der Waals surface area (Å²) >= 11 is 0. The van der Waals surface area contributed by atoms with Gasteiger partial charge in [0.25, 0.3) is 0 Å². The highest BCUT2D eigenvalue weighted by molar-refractivity contribution is 5.73. The molecule has 3 heteroatoms. The Bertz CT molecular complexity index is 546. The summed E-state index contributed by atoms with van der Waals surface area (Å²) in [5.74, 6) is 0.0788. The topological polar surface area (TPSA) is 32.3 Å². The first-order valence-electron chi connectivity index (χ1n) is 9.23. The predicted molar refractivity (Wildman–Crippen MR) is 94.5 cm³/mol. The molecule has 0 saturated carbocycles. The number of hydrogen-bond acceptors (Lipinski definition) is 2. The van der Waals surface area contributed by atoms with Gasteiger partial charge < -0.3 is 10.2 Å². The number of carbonyl (C=O) groups excluding carboxylic acids is 1. The SMILES string of the molecule is CCCCN1CCC2(CC[C@H](NC(C)=O)c3ccccc32)CC1. The first-order valence-corrected chi connectivity index (χ1v) is 9.23. The first-order chi connectivity index (χ1) is 11.1. The summed E-state index contributed by atoms with van der Waals surface area (Å²) in [4.78, 5) is 14.2. The zero-order valence-corrected chi connectivity index (χ0v) is 14.6. The maximum absolute atomic E-state index is 11.5. The van der Waals surface area contributed by atoms with Gasteiger partial charge in [-0.1, -0.05) is 37.6 Å². The molecule has 1 N–H and O–H groups in total. The molecule has 0 bridgehead atoms. The van der Waals surface area contributed by atoms with Crippen LogP contribution in [0.15, 0.2) is 24.3 Å². The Morgan fingerprint density at radius 2 is 2.00 bits per heavy atom. The van der Waals surface area contributed by atoms with E-state index in [2.05, 4.69) is 41.4 Å². The number of fused-ring (bicyclic) bond motifs is 2. The van der Waals surface area contributed by atoms with Gasteiger partial charge in [0.1, 0.15) is 0 Å². The van der Waals surface area contributed by atoms with Gasteiger partial charge in [-0.15, -0.1) is 0 Å². The summed E-state index contributed by atoms with van der Waals surface area (Å²) in [7, 11) is 0. The van der Waals surface area contributed by atoms with Crippen LogP contribution in [-0.4, -0.2) is 30.4 Å². The summed E-state index contributed by atoms with van der Waals surface area (Å²) in [6.45, 7) is 7.59. The Kier molecular flexibility index (Phi) is 5.05. The molecule has 0 unspecified atom stereocenters. The van der Waals surface area contributed by atoms with Gasteiger partial charge in [0.05, 0.1) is 6.04 Å². The van der Waals surface area contributed by atoms with Crippen LogP contribution < -0.4 is 5.32 Å². The van der Waals surface area contributed by atoms with Crippen molar-refractivity contribution in [2.75, 3.05) is 19.6 Å². The molecule has 3 rings (SSSR count). The largest absolute Gasteiger partial charge is 0.350 e. The van der Waals surface area contributed by atoms with Crippen LogP contribution in [-0.2, 0) is 10.2 Å². The highest BCUT2D eigenvalue weighted by Crippen LogP contribution is 2.47. The third-order valence-corrected chi connectivity index (χ3v) is 5.84. The second-order valence-electron chi connectivity index (χ2n) is 7.35. The van der Waals surface area contributed by atoms with Crippen LogP contribution in [0.2, 0.25) is 0 Å². The number of nitrogens with one attached hydrogen (secondary N) is 1. The molecule has 1 aliphatic carbocycles. The lowest BCUT2D eigenvalue weighted by molar-refractivity contribution is -0.119. The van der Waals surface area contributed by atoms with Crippen LogP contribution in [0.4, 0.5) is 0 Å². The van der Waals surface area contributed by atoms with Crippen molar-refractivity contribution in [2.24, 2.45) is 0 Å². The Hall–Kier alpha value is -1.35. The van der Waals surface area contributed by atoms with Crippen molar-refractivity contribution in [1.82, 2.24) is 10.2 Å². The highest BCUT2D eigenvalue weighted by atomic mass is 16.1. The van der Waals surface area contributed by atoms with Crippen LogP contribution >= 0.6 is 0 Å². The van der Waals surface area contributed by atoms with Gasteiger partial charge in [-0.3, -0.25) is 4.79 Å². The number of unbranched alkanes of at least 4 members (excludes halogenated alkanes) is 1. The normalized spacial score (nSPS) is 23.5. The van der Waals surface area contributed by atoms with Crippen molar-refractivity contribution in [3.05, 3.63) is 35.4 Å². The lowest BCUT2D eigenvalue weighted by Crippen LogP contribution is -2.46. The maximum Gasteiger partial charge on any atom is 0.217 e. The first kappa shape index (κ1) is 16.5. The molecule has 23 heavy (non-hydrogen) atoms. The summed E-state index contributed by atoms with van der Waals surface area (Å²) in [6.07, 6.45) is 7.40. The molecule has 1 atom stereocenters. The number of rotatable bonds is 4. The van der Waals surface area contributed by atoms with Gasteiger partial charge in [0.15, 0.2) is 0 Å². The second-order valence-corrected chi connectivity index (χ2v) is 7.35. The highest BCUT2D eigenvalue weighted by Gasteiger charge is 2.41. The van der Waals surface area contributed by atoms with Crippen molar-refractivity contribution in [1.29, 1.82) is 0 Å². The number of benzene rings is 1. The molecule has 1 aromatic rings. The van der Waals surface area contributed by atoms with Crippen LogP contribution in [0.3, 0.4) is 0 Å². The number of likely N-dealkylation sites (tertiary alicyclic amines) is 1. The molecule has 1 saturated heterocycles. The molecule has 1 aromatic carbocycles. The fourth-order valence-corrected chi connectivity index (χ4v) is 4.50. The molecule has 126 valence electrons. The lowest BCUT2D eigenvalue weighted by Gasteiger charge is -2.47. The van der Waals surface area contributed by atoms with Crippen molar-refractivity contribution in [3.8, 4) is 0 Å². The van der Waals surface area contributed by atoms with Gasteiger partial charge in [0.2, 0.25) is 5.91 Å². The minimum Gasteiger partial charge on any atom is -0.350 e. The van der Waals surface area contributed by atoms with E-state index in [4.69, 9.17) is 0 Å². The van der Waals surface area contributed by atoms with E-state index in [9.17, 15) is 4.79 Å². The molecule has 0 aromatic heterocycles. The third kappa shape index (κ3) is 3.45. The molecule has 1 amide bonds. The average molecular weight is 314 g/mol. The summed E-state index contributed by atoms with van der Waals surface area (Å²) in [5, 5.41) is 3.15. The predicted octanol–water partition coefficient (Wildman–Crippen LogP) is 3.79. The molecule has 1 heterocycles. The van der Waals surface area contributed by atoms with Crippen LogP contribution in [0.25, 0.3) is 0 Å². The van der Waals surface area contributed by atoms with E-state index >= 15 is 0 Å². The Morgan fingerprint density at radius 1 is 1.26 bits per heavy atom. The number of carbonyl (C=O) groups is 1. The van der Waals surface area contributed by atoms with Crippen LogP contribution in [0.1, 0.15) is 69.5 Å². The van der Waals surface area contributed by atoms with E-state index < -0.39 is 0 Å². The summed E-state index contributed by atoms with van der Waals surface area (Å²) in [6, 6.07) is 9.02. The number of hydrogen-bond donors (Lipinski definition) is 1. The second kappa shape index (κ2) is 7.04. The van der Waals surface area contributed by atoms with E-state index in [0.29, 0.717) is 5.41 Å². The lowest BCUT2D eigenvalue weighted by atomic mass is 9.63. The minimum absolute atomic E-state index is 0.0788. The summed E-state index contributed by atoms with van der Waals surface area (Å²) in [5.41, 5.74) is 3.20. The van der Waals surface area contributed by atoms with Gasteiger partial charge in [0, 0.05) is 6.92 Å². The molecule has 1 aliphatic heterocycles. The molecule has 2 aliphatic rings. The van der Waals surface area contributed by atoms with Crippen molar-refractivity contribution >= 4 is 5.91 Å². The van der Waals surface area contributed by atoms with E-state index in [0.717, 1.165) is 6.42 Å². The molecule has 1 fully saturated rings. The van der Waals surface area contributed by atoms with E-state index in [-0.39, 0.29) is 11.9 Å². The minimum atomic E-state index is 0.0788. The van der Waals surface area contributed by atoms with Crippen LogP contribution in [0, 0.1) is 0 Å². The molecule has 0 radical (unpaired) electrons. The van der Waals surface area contributed by atoms with Crippen molar-refractivity contribution in [3.63, 3.8) is 0 Å². The van der Waals surface area contributed by atoms with Crippen molar-refractivity contribution < 1.29 is 4.79 Å². The third-order valence-electron chi connectivity index (χ3n) is 5.84. The fourth-order valence-electron chi connectivity index (χ4n) is 4.50. The standard InChI is InChI=1S/C20H30N2O/c1-3-4-13-22-14-11-20(12-15-22)10-9-19(21-16(2)23)17-7-5-6-8-18(17)20/h5-8,19H,3-4,9-15H2,1-2H3,(H,21,23)/t19-/m0/s1.